The van der Waals surface area contributed by atoms with Crippen molar-refractivity contribution < 1.29 is 4.52 Å². The Labute approximate surface area is 82.5 Å². The maximum absolute atomic E-state index is 5.46. The lowest BCUT2D eigenvalue weighted by atomic mass is 10.1. The van der Waals surface area contributed by atoms with Gasteiger partial charge in [-0.1, -0.05) is 22.3 Å². The number of anilines is 1. The lowest BCUT2D eigenvalue weighted by molar-refractivity contribution is 0.439. The largest absolute Gasteiger partial charge is 0.368 e. The van der Waals surface area contributed by atoms with Gasteiger partial charge in [0.2, 0.25) is 5.88 Å². The van der Waals surface area contributed by atoms with Gasteiger partial charge in [-0.15, -0.1) is 0 Å². The third-order valence-corrected chi connectivity index (χ3v) is 2.05. The van der Waals surface area contributed by atoms with Crippen LogP contribution in [0.5, 0.6) is 0 Å². The molecule has 0 saturated carbocycles. The first-order chi connectivity index (χ1) is 6.65. The predicted molar refractivity (Wildman–Crippen MR) is 55.8 cm³/mol. The zero-order valence-corrected chi connectivity index (χ0v) is 8.24. The maximum Gasteiger partial charge on any atom is 0.222 e. The normalized spacial score (nSPS) is 10.4. The Kier molecular flexibility index (Phi) is 2.00. The summed E-state index contributed by atoms with van der Waals surface area (Å²) in [6.45, 7) is 4.11. The van der Waals surface area contributed by atoms with Crippen molar-refractivity contribution in [3.8, 4) is 11.3 Å². The van der Waals surface area contributed by atoms with Gasteiger partial charge in [0.15, 0.2) is 0 Å². The lowest BCUT2D eigenvalue weighted by Gasteiger charge is -2.00. The molecule has 2 rings (SSSR count). The van der Waals surface area contributed by atoms with Crippen molar-refractivity contribution in [3.63, 3.8) is 0 Å². The topological polar surface area (TPSA) is 52.0 Å². The third kappa shape index (κ3) is 1.62. The number of hydrogen-bond donors (Lipinski definition) is 1. The summed E-state index contributed by atoms with van der Waals surface area (Å²) in [5.74, 6) is 0.346. The van der Waals surface area contributed by atoms with E-state index in [1.165, 1.54) is 11.1 Å². The molecule has 0 amide bonds. The van der Waals surface area contributed by atoms with E-state index in [9.17, 15) is 0 Å². The Morgan fingerprint density at radius 3 is 2.21 bits per heavy atom. The van der Waals surface area contributed by atoms with E-state index in [2.05, 4.69) is 37.2 Å². The molecule has 0 atom stereocenters. The van der Waals surface area contributed by atoms with Gasteiger partial charge in [0.1, 0.15) is 5.69 Å². The fraction of sp³-hybridized carbons (Fsp3) is 0.182. The Morgan fingerprint density at radius 2 is 1.71 bits per heavy atom. The van der Waals surface area contributed by atoms with E-state index >= 15 is 0 Å². The molecular formula is C11H12N2O. The Morgan fingerprint density at radius 1 is 1.07 bits per heavy atom. The first-order valence-corrected chi connectivity index (χ1v) is 4.46. The van der Waals surface area contributed by atoms with Crippen LogP contribution in [0.4, 0.5) is 5.88 Å². The Bertz CT molecular complexity index is 440. The second kappa shape index (κ2) is 3.18. The lowest BCUT2D eigenvalue weighted by Crippen LogP contribution is -1.82. The van der Waals surface area contributed by atoms with Crippen molar-refractivity contribution in [2.75, 3.05) is 5.73 Å². The van der Waals surface area contributed by atoms with Crippen LogP contribution in [0.25, 0.3) is 11.3 Å². The van der Waals surface area contributed by atoms with Crippen LogP contribution in [0.15, 0.2) is 28.8 Å². The number of hydrogen-bond acceptors (Lipinski definition) is 3. The molecule has 0 aliphatic carbocycles. The van der Waals surface area contributed by atoms with Gasteiger partial charge in [-0.05, 0) is 26.0 Å². The van der Waals surface area contributed by atoms with Gasteiger partial charge in [0.05, 0.1) is 0 Å². The molecule has 14 heavy (non-hydrogen) atoms. The molecule has 2 aromatic rings. The standard InChI is InChI=1S/C11H12N2O/c1-7-3-8(2)5-9(4-7)10-6-11(12)14-13-10/h3-6H,12H2,1-2H3. The highest BCUT2D eigenvalue weighted by atomic mass is 16.5. The van der Waals surface area contributed by atoms with Crippen LogP contribution in [-0.4, -0.2) is 5.16 Å². The molecular weight excluding hydrogens is 176 g/mol. The summed E-state index contributed by atoms with van der Waals surface area (Å²) in [5.41, 5.74) is 9.71. The van der Waals surface area contributed by atoms with Gasteiger partial charge >= 0.3 is 0 Å². The molecule has 0 aliphatic rings. The molecule has 1 heterocycles. The molecule has 0 radical (unpaired) electrons. The van der Waals surface area contributed by atoms with Gasteiger partial charge in [0.25, 0.3) is 0 Å². The molecule has 1 aromatic carbocycles. The van der Waals surface area contributed by atoms with Crippen LogP contribution in [-0.2, 0) is 0 Å². The molecule has 2 N–H and O–H groups in total. The van der Waals surface area contributed by atoms with Crippen molar-refractivity contribution >= 4 is 5.88 Å². The van der Waals surface area contributed by atoms with Crippen LogP contribution >= 0.6 is 0 Å². The first kappa shape index (κ1) is 8.81. The SMILES string of the molecule is Cc1cc(C)cc(-c2cc(N)on2)c1. The van der Waals surface area contributed by atoms with Crippen molar-refractivity contribution in [1.82, 2.24) is 5.16 Å². The number of benzene rings is 1. The van der Waals surface area contributed by atoms with Crippen LogP contribution in [0.2, 0.25) is 0 Å². The van der Waals surface area contributed by atoms with E-state index in [0.717, 1.165) is 11.3 Å². The summed E-state index contributed by atoms with van der Waals surface area (Å²) in [6, 6.07) is 7.97. The summed E-state index contributed by atoms with van der Waals surface area (Å²) in [5, 5.41) is 3.87. The second-order valence-electron chi connectivity index (χ2n) is 3.49. The average Bonchev–Trinajstić information content (AvgIpc) is 2.50. The molecule has 3 nitrogen and oxygen atoms in total. The minimum atomic E-state index is 0.346. The zero-order valence-electron chi connectivity index (χ0n) is 8.24. The maximum atomic E-state index is 5.46. The van der Waals surface area contributed by atoms with Crippen molar-refractivity contribution in [2.45, 2.75) is 13.8 Å². The van der Waals surface area contributed by atoms with Crippen LogP contribution in [0, 0.1) is 13.8 Å². The molecule has 0 fully saturated rings. The molecule has 0 aliphatic heterocycles. The Balaban J connectivity index is 2.51. The van der Waals surface area contributed by atoms with E-state index in [1.807, 2.05) is 0 Å². The highest BCUT2D eigenvalue weighted by molar-refractivity contribution is 5.62. The van der Waals surface area contributed by atoms with Crippen LogP contribution in [0.1, 0.15) is 11.1 Å². The monoisotopic (exact) mass is 188 g/mol. The van der Waals surface area contributed by atoms with E-state index in [4.69, 9.17) is 10.3 Å². The van der Waals surface area contributed by atoms with Crippen molar-refractivity contribution in [2.24, 2.45) is 0 Å². The van der Waals surface area contributed by atoms with E-state index in [0.29, 0.717) is 5.88 Å². The van der Waals surface area contributed by atoms with Crippen molar-refractivity contribution in [1.29, 1.82) is 0 Å². The molecule has 1 aromatic heterocycles. The highest BCUT2D eigenvalue weighted by Crippen LogP contribution is 2.22. The fourth-order valence-corrected chi connectivity index (χ4v) is 1.55. The number of nitrogens with two attached hydrogens (primary N) is 1. The summed E-state index contributed by atoms with van der Waals surface area (Å²) < 4.78 is 4.83. The third-order valence-electron chi connectivity index (χ3n) is 2.05. The van der Waals surface area contributed by atoms with Gasteiger partial charge in [-0.2, -0.15) is 0 Å². The highest BCUT2D eigenvalue weighted by Gasteiger charge is 2.04. The quantitative estimate of drug-likeness (QED) is 0.748. The molecule has 0 saturated heterocycles. The average molecular weight is 188 g/mol. The summed E-state index contributed by atoms with van der Waals surface area (Å²) in [7, 11) is 0. The van der Waals surface area contributed by atoms with Crippen LogP contribution in [0.3, 0.4) is 0 Å². The smallest absolute Gasteiger partial charge is 0.222 e. The van der Waals surface area contributed by atoms with Crippen LogP contribution < -0.4 is 5.73 Å². The number of rotatable bonds is 1. The first-order valence-electron chi connectivity index (χ1n) is 4.46. The predicted octanol–water partition coefficient (Wildman–Crippen LogP) is 2.54. The fourth-order valence-electron chi connectivity index (χ4n) is 1.55. The number of nitrogen functional groups attached to an aromatic ring is 1. The minimum absolute atomic E-state index is 0.346. The molecule has 0 spiro atoms. The second-order valence-corrected chi connectivity index (χ2v) is 3.49. The minimum Gasteiger partial charge on any atom is -0.368 e. The zero-order chi connectivity index (χ0) is 10.1. The molecule has 3 heteroatoms. The molecule has 0 bridgehead atoms. The van der Waals surface area contributed by atoms with Gasteiger partial charge < -0.3 is 10.3 Å². The van der Waals surface area contributed by atoms with E-state index in [1.54, 1.807) is 6.07 Å². The van der Waals surface area contributed by atoms with Gasteiger partial charge in [-0.3, -0.25) is 0 Å². The van der Waals surface area contributed by atoms with Gasteiger partial charge in [-0.25, -0.2) is 0 Å². The molecule has 0 unspecified atom stereocenters. The summed E-state index contributed by atoms with van der Waals surface area (Å²) in [6.07, 6.45) is 0. The van der Waals surface area contributed by atoms with Crippen molar-refractivity contribution in [3.05, 3.63) is 35.4 Å². The summed E-state index contributed by atoms with van der Waals surface area (Å²) in [4.78, 5) is 0. The number of nitrogens with zero attached hydrogens (tertiary/aromatic N) is 1. The van der Waals surface area contributed by atoms with Gasteiger partial charge in [0, 0.05) is 11.6 Å². The summed E-state index contributed by atoms with van der Waals surface area (Å²) >= 11 is 0. The molecule has 72 valence electrons. The Hall–Kier alpha value is -1.77. The number of aromatic nitrogens is 1. The number of aryl methyl sites for hydroxylation is 2. The van der Waals surface area contributed by atoms with E-state index < -0.39 is 0 Å². The van der Waals surface area contributed by atoms with E-state index in [-0.39, 0.29) is 0 Å².